The van der Waals surface area contributed by atoms with Crippen LogP contribution in [0.25, 0.3) is 117 Å². The van der Waals surface area contributed by atoms with E-state index < -0.39 is 0 Å². The van der Waals surface area contributed by atoms with Gasteiger partial charge < -0.3 is 47.1 Å². The maximum Gasteiger partial charge on any atom is 0.198 e. The van der Waals surface area contributed by atoms with E-state index in [0.29, 0.717) is 33.9 Å². The highest BCUT2D eigenvalue weighted by molar-refractivity contribution is 7.20. The molecule has 13 nitrogen and oxygen atoms in total. The molecule has 0 saturated heterocycles. The van der Waals surface area contributed by atoms with Crippen LogP contribution >= 0.6 is 22.7 Å². The Morgan fingerprint density at radius 1 is 0.464 bits per heavy atom. The molecule has 0 atom stereocenters. The lowest BCUT2D eigenvalue weighted by molar-refractivity contribution is 0.273. The van der Waals surface area contributed by atoms with Crippen molar-refractivity contribution in [2.45, 2.75) is 47.8 Å². The van der Waals surface area contributed by atoms with Crippen molar-refractivity contribution in [3.8, 4) is 40.9 Å². The number of ether oxygens (including phenoxy) is 5. The number of fused-ring (bicyclic) bond motifs is 5. The minimum atomic E-state index is -0.148. The van der Waals surface area contributed by atoms with Gasteiger partial charge in [0.2, 0.25) is 0 Å². The number of nitriles is 2. The third kappa shape index (κ3) is 19.5. The molecule has 2 N–H and O–H groups in total. The van der Waals surface area contributed by atoms with E-state index in [1.54, 1.807) is 77.6 Å². The molecule has 0 aliphatic rings. The Labute approximate surface area is 648 Å². The normalized spacial score (nSPS) is 11.4. The standard InChI is InChI=1S/C20H17NO3.2C19H15NO2.C19H18O2S.C18H16OS/c1-13-7-14(8-16(11-22)20(13)23-2)15(10-21)9-17-12-24-19-6-4-3-5-18(17)19;1-13-8-9-14(11-19(13)21-3)17(20-2)12-16-10-15-6-4-5-7-18(15)22-16;1-13-6-14(11-21)8-15(7-13)16(10-20)9-17-12-22-19-5-3-2-4-18(17)19;1-13-17(20-2)10-14(11-18(13)21-3)8-9-16-12-15-6-4-5-7-19(15)22-16;1-13-9-14(11-16(10-13)19-2)7-8-17-12-15-5-3-4-6-18(15)20-17/h3-9,12,22H,11H2,1-2H3;4-12H,1,3H3;2-9,12,21H,11H2,1H3;4-12H,1-3H3;3-12H,1-2H3/b15-9+;17-12-;16-9+;9-8+;8-7+. The van der Waals surface area contributed by atoms with Gasteiger partial charge in [-0.2, -0.15) is 10.5 Å². The van der Waals surface area contributed by atoms with E-state index in [1.165, 1.54) is 41.1 Å². The molecular formula is C95H81N3O10S2. The average molecular weight is 1490 g/mol. The summed E-state index contributed by atoms with van der Waals surface area (Å²) >= 11 is 3.60. The molecule has 0 saturated carbocycles. The smallest absolute Gasteiger partial charge is 0.198 e. The largest absolute Gasteiger partial charge is 0.497 e. The Morgan fingerprint density at radius 3 is 1.51 bits per heavy atom. The number of allylic oxidation sites excluding steroid dienone is 2. The summed E-state index contributed by atoms with van der Waals surface area (Å²) < 4.78 is 46.2. The third-order valence-corrected chi connectivity index (χ3v) is 20.1. The molecular weight excluding hydrogens is 1410 g/mol. The number of thiophene rings is 2. The van der Waals surface area contributed by atoms with Crippen LogP contribution in [-0.2, 0) is 13.2 Å². The summed E-state index contributed by atoms with van der Waals surface area (Å²) in [4.78, 5) is 6.13. The fourth-order valence-corrected chi connectivity index (χ4v) is 14.4. The number of aryl methyl sites for hydroxylation is 4. The summed E-state index contributed by atoms with van der Waals surface area (Å²) in [5.41, 5.74) is 16.9. The van der Waals surface area contributed by atoms with Gasteiger partial charge in [-0.25, -0.2) is 4.85 Å². The van der Waals surface area contributed by atoms with Crippen LogP contribution in [0.4, 0.5) is 0 Å². The number of para-hydroxylation sites is 3. The Kier molecular flexibility index (Phi) is 26.5. The topological polar surface area (TPSA) is 178 Å². The van der Waals surface area contributed by atoms with Crippen molar-refractivity contribution in [3.63, 3.8) is 0 Å². The van der Waals surface area contributed by atoms with E-state index in [9.17, 15) is 20.7 Å². The van der Waals surface area contributed by atoms with Crippen molar-refractivity contribution >= 4 is 135 Å². The predicted molar refractivity (Wildman–Crippen MR) is 452 cm³/mol. The summed E-state index contributed by atoms with van der Waals surface area (Å²) in [5, 5.41) is 43.5. The van der Waals surface area contributed by atoms with E-state index in [-0.39, 0.29) is 13.2 Å². The second-order valence-corrected chi connectivity index (χ2v) is 27.8. The fourth-order valence-electron chi connectivity index (χ4n) is 12.5. The van der Waals surface area contributed by atoms with E-state index in [2.05, 4.69) is 121 Å². The summed E-state index contributed by atoms with van der Waals surface area (Å²) in [6.45, 7) is 17.1. The van der Waals surface area contributed by atoms with Crippen LogP contribution in [0.2, 0.25) is 0 Å². The molecule has 10 aromatic carbocycles. The van der Waals surface area contributed by atoms with Crippen molar-refractivity contribution in [1.82, 2.24) is 0 Å². The number of benzene rings is 10. The van der Waals surface area contributed by atoms with Crippen LogP contribution in [0.3, 0.4) is 0 Å². The molecule has 110 heavy (non-hydrogen) atoms. The first kappa shape index (κ1) is 77.9. The minimum absolute atomic E-state index is 0.0397. The second-order valence-electron chi connectivity index (χ2n) is 25.6. The molecule has 0 spiro atoms. The van der Waals surface area contributed by atoms with E-state index in [4.69, 9.17) is 43.5 Å². The Balaban J connectivity index is 0.000000136. The van der Waals surface area contributed by atoms with Gasteiger partial charge in [0.15, 0.2) is 5.70 Å². The summed E-state index contributed by atoms with van der Waals surface area (Å²) in [6.07, 6.45) is 17.2. The molecule has 5 heterocycles. The maximum atomic E-state index is 9.59. The van der Waals surface area contributed by atoms with Gasteiger partial charge in [0.1, 0.15) is 51.3 Å². The van der Waals surface area contributed by atoms with Crippen molar-refractivity contribution in [2.24, 2.45) is 0 Å². The molecule has 5 aromatic heterocycles. The highest BCUT2D eigenvalue weighted by atomic mass is 32.1. The molecule has 0 bridgehead atoms. The molecule has 0 fully saturated rings. The molecule has 548 valence electrons. The van der Waals surface area contributed by atoms with Crippen LogP contribution in [-0.4, -0.2) is 45.8 Å². The Hall–Kier alpha value is -13.2. The first-order chi connectivity index (χ1) is 53.5. The highest BCUT2D eigenvalue weighted by Gasteiger charge is 2.15. The number of hydrogen-bond acceptors (Lipinski definition) is 14. The molecule has 0 aliphatic heterocycles. The average Bonchev–Trinajstić information content (AvgIpc) is 1.50. The van der Waals surface area contributed by atoms with E-state index in [0.717, 1.165) is 117 Å². The molecule has 0 radical (unpaired) electrons. The first-order valence-corrected chi connectivity index (χ1v) is 36.8. The van der Waals surface area contributed by atoms with Gasteiger partial charge in [0.25, 0.3) is 0 Å². The van der Waals surface area contributed by atoms with Crippen molar-refractivity contribution in [1.29, 1.82) is 10.5 Å². The Morgan fingerprint density at radius 2 is 0.991 bits per heavy atom. The molecule has 0 aliphatic carbocycles. The van der Waals surface area contributed by atoms with E-state index in [1.807, 2.05) is 185 Å². The zero-order chi connectivity index (χ0) is 77.6. The Bertz CT molecular complexity index is 5950. The molecule has 15 heteroatoms. The molecule has 0 amide bonds. The fraction of sp³-hybridized carbons (Fsp3) is 0.126. The second kappa shape index (κ2) is 37.4. The lowest BCUT2D eigenvalue weighted by Gasteiger charge is -2.12. The van der Waals surface area contributed by atoms with Crippen LogP contribution < -0.4 is 23.7 Å². The molecule has 0 unspecified atom stereocenters. The van der Waals surface area contributed by atoms with Gasteiger partial charge in [-0.3, -0.25) is 0 Å². The van der Waals surface area contributed by atoms with Crippen LogP contribution in [0, 0.1) is 63.9 Å². The van der Waals surface area contributed by atoms with Crippen molar-refractivity contribution in [2.75, 3.05) is 35.5 Å². The van der Waals surface area contributed by atoms with Crippen LogP contribution in [0.15, 0.2) is 244 Å². The molecule has 15 aromatic rings. The molecule has 15 rings (SSSR count). The van der Waals surface area contributed by atoms with Crippen molar-refractivity contribution < 1.29 is 47.1 Å². The van der Waals surface area contributed by atoms with Crippen LogP contribution in [0.5, 0.6) is 28.7 Å². The van der Waals surface area contributed by atoms with E-state index >= 15 is 0 Å². The number of rotatable bonds is 17. The van der Waals surface area contributed by atoms with Crippen molar-refractivity contribution in [3.05, 3.63) is 336 Å². The maximum absolute atomic E-state index is 9.59. The summed E-state index contributed by atoms with van der Waals surface area (Å²) in [6, 6.07) is 76.4. The SMILES string of the molecule is COc1c(C)cc(/C(C#N)=C/c2coc3ccccc23)cc1CO.COc1cc(/C=C/c2cc3ccccc3s2)cc(OC)c1C.COc1cc(C)cc(/C=C/c2cc3ccccc3s2)c1.Cc1cc(CO)cc(/C(C#N)=C/c2coc3ccccc23)c1.[C-]#[N+]/C(=C\c1cc2ccccc2o1)c1ccc(C)c(OC)c1. The minimum Gasteiger partial charge on any atom is -0.497 e. The van der Waals surface area contributed by atoms with Gasteiger partial charge in [0, 0.05) is 57.6 Å². The van der Waals surface area contributed by atoms with Crippen LogP contribution in [0.1, 0.15) is 93.4 Å². The lowest BCUT2D eigenvalue weighted by atomic mass is 9.98. The number of methoxy groups -OCH3 is 5. The predicted octanol–water partition coefficient (Wildman–Crippen LogP) is 24.6. The van der Waals surface area contributed by atoms with Gasteiger partial charge in [0.05, 0.1) is 91.1 Å². The monoisotopic (exact) mass is 1490 g/mol. The van der Waals surface area contributed by atoms with Gasteiger partial charge in [-0.05, 0) is 223 Å². The number of aliphatic hydroxyl groups is 2. The third-order valence-electron chi connectivity index (χ3n) is 17.9. The number of furan rings is 3. The quantitative estimate of drug-likeness (QED) is 0.0652. The number of aliphatic hydroxyl groups excluding tert-OH is 2. The number of nitrogens with zero attached hydrogens (tertiary/aromatic N) is 3. The highest BCUT2D eigenvalue weighted by Crippen LogP contribution is 2.36. The summed E-state index contributed by atoms with van der Waals surface area (Å²) in [7, 11) is 8.27. The summed E-state index contributed by atoms with van der Waals surface area (Å²) in [5.74, 6) is 4.68. The van der Waals surface area contributed by atoms with Gasteiger partial charge in [-0.15, -0.1) is 22.7 Å². The zero-order valence-corrected chi connectivity index (χ0v) is 64.3. The lowest BCUT2D eigenvalue weighted by Crippen LogP contribution is -1.97. The first-order valence-electron chi connectivity index (χ1n) is 35.2. The zero-order valence-electron chi connectivity index (χ0n) is 62.7. The van der Waals surface area contributed by atoms with Gasteiger partial charge >= 0.3 is 0 Å². The number of hydrogen-bond donors (Lipinski definition) is 2. The van der Waals surface area contributed by atoms with Gasteiger partial charge in [-0.1, -0.05) is 139 Å².